The number of carbonyl (C=O) groups excluding carboxylic acids is 3. The number of aromatic nitrogens is 1. The number of ether oxygens (including phenoxy) is 1. The van der Waals surface area contributed by atoms with Gasteiger partial charge in [0.25, 0.3) is 5.91 Å². The number of Topliss-reactive ketones (excluding diaryl/α,β-unsaturated/α-hetero) is 1. The van der Waals surface area contributed by atoms with Gasteiger partial charge in [0.1, 0.15) is 17.2 Å². The number of ketones is 1. The largest absolute Gasteiger partial charge is 0.383 e. The van der Waals surface area contributed by atoms with Gasteiger partial charge < -0.3 is 14.6 Å². The number of hydrogen-bond acceptors (Lipinski definition) is 4. The van der Waals surface area contributed by atoms with Crippen LogP contribution in [-0.2, 0) is 15.1 Å². The number of aryl methyl sites for hydroxylation is 1. The quantitative estimate of drug-likeness (QED) is 0.537. The number of methoxy groups -OCH3 is 1. The molecule has 7 nitrogen and oxygen atoms in total. The number of urea groups is 1. The summed E-state index contributed by atoms with van der Waals surface area (Å²) in [6.07, 6.45) is 0. The van der Waals surface area contributed by atoms with Gasteiger partial charge in [-0.2, -0.15) is 0 Å². The molecule has 2 atom stereocenters. The van der Waals surface area contributed by atoms with Gasteiger partial charge in [0, 0.05) is 29.6 Å². The SMILES string of the molecule is COCC(C)n1c(C)cc(C(=O)CN2C(=O)NC(C)(c3cc(F)ccc3F)C2=O)c1C. The lowest BCUT2D eigenvalue weighted by Crippen LogP contribution is -2.42. The van der Waals surface area contributed by atoms with Crippen LogP contribution in [0.1, 0.15) is 47.2 Å². The van der Waals surface area contributed by atoms with E-state index in [1.54, 1.807) is 20.1 Å². The molecule has 0 radical (unpaired) electrons. The number of halogens is 2. The van der Waals surface area contributed by atoms with Crippen molar-refractivity contribution in [3.63, 3.8) is 0 Å². The number of nitrogens with one attached hydrogen (secondary N) is 1. The summed E-state index contributed by atoms with van der Waals surface area (Å²) in [5.74, 6) is -2.83. The van der Waals surface area contributed by atoms with Crippen molar-refractivity contribution in [2.24, 2.45) is 0 Å². The lowest BCUT2D eigenvalue weighted by atomic mass is 9.91. The molecule has 2 heterocycles. The minimum absolute atomic E-state index is 0.0116. The van der Waals surface area contributed by atoms with E-state index in [2.05, 4.69) is 5.32 Å². The van der Waals surface area contributed by atoms with Crippen LogP contribution < -0.4 is 5.32 Å². The molecule has 3 amide bonds. The average molecular weight is 433 g/mol. The fraction of sp³-hybridized carbons (Fsp3) is 0.409. The Hall–Kier alpha value is -3.07. The van der Waals surface area contributed by atoms with E-state index in [0.29, 0.717) is 17.9 Å². The maximum Gasteiger partial charge on any atom is 0.325 e. The summed E-state index contributed by atoms with van der Waals surface area (Å²) in [6, 6.07) is 3.52. The van der Waals surface area contributed by atoms with Gasteiger partial charge in [0.15, 0.2) is 5.78 Å². The molecule has 2 aromatic rings. The Morgan fingerprint density at radius 1 is 1.23 bits per heavy atom. The van der Waals surface area contributed by atoms with E-state index in [1.807, 2.05) is 18.4 Å². The monoisotopic (exact) mass is 433 g/mol. The average Bonchev–Trinajstić information content (AvgIpc) is 3.11. The topological polar surface area (TPSA) is 80.6 Å². The number of hydrogen-bond donors (Lipinski definition) is 1. The van der Waals surface area contributed by atoms with Gasteiger partial charge in [-0.05, 0) is 52.0 Å². The van der Waals surface area contributed by atoms with Crippen molar-refractivity contribution in [2.75, 3.05) is 20.3 Å². The molecule has 1 saturated heterocycles. The summed E-state index contributed by atoms with van der Waals surface area (Å²) >= 11 is 0. The van der Waals surface area contributed by atoms with Crippen molar-refractivity contribution < 1.29 is 27.9 Å². The van der Waals surface area contributed by atoms with Gasteiger partial charge in [0.2, 0.25) is 0 Å². The number of benzene rings is 1. The molecular weight excluding hydrogens is 408 g/mol. The maximum absolute atomic E-state index is 14.3. The zero-order valence-corrected chi connectivity index (χ0v) is 18.1. The van der Waals surface area contributed by atoms with E-state index >= 15 is 0 Å². The zero-order chi connectivity index (χ0) is 23.1. The highest BCUT2D eigenvalue weighted by molar-refractivity contribution is 6.11. The lowest BCUT2D eigenvalue weighted by molar-refractivity contribution is -0.130. The molecule has 1 aromatic carbocycles. The Morgan fingerprint density at radius 3 is 2.55 bits per heavy atom. The van der Waals surface area contributed by atoms with Crippen molar-refractivity contribution in [3.8, 4) is 0 Å². The van der Waals surface area contributed by atoms with Crippen LogP contribution in [0.5, 0.6) is 0 Å². The molecular formula is C22H25F2N3O4. The minimum atomic E-state index is -1.81. The molecule has 166 valence electrons. The standard InChI is InChI=1S/C22H25F2N3O4/c1-12-8-16(14(3)27(12)13(2)11-31-5)19(28)10-26-20(29)22(4,25-21(26)30)17-9-15(23)6-7-18(17)24/h6-9,13H,10-11H2,1-5H3,(H,25,30). The van der Waals surface area contributed by atoms with E-state index < -0.39 is 41.4 Å². The van der Waals surface area contributed by atoms with Crippen molar-refractivity contribution in [1.82, 2.24) is 14.8 Å². The Balaban J connectivity index is 1.88. The van der Waals surface area contributed by atoms with Crippen molar-refractivity contribution in [3.05, 3.63) is 58.4 Å². The van der Waals surface area contributed by atoms with Crippen LogP contribution in [0.4, 0.5) is 13.6 Å². The van der Waals surface area contributed by atoms with Crippen LogP contribution in [0.25, 0.3) is 0 Å². The van der Waals surface area contributed by atoms with Crippen LogP contribution in [0, 0.1) is 25.5 Å². The highest BCUT2D eigenvalue weighted by atomic mass is 19.1. The minimum Gasteiger partial charge on any atom is -0.383 e. The van der Waals surface area contributed by atoms with Gasteiger partial charge >= 0.3 is 6.03 Å². The molecule has 31 heavy (non-hydrogen) atoms. The Labute approximate surface area is 179 Å². The summed E-state index contributed by atoms with van der Waals surface area (Å²) in [6.45, 7) is 6.81. The Bertz CT molecular complexity index is 1070. The second kappa shape index (κ2) is 8.22. The third kappa shape index (κ3) is 3.85. The molecule has 1 aliphatic rings. The van der Waals surface area contributed by atoms with Gasteiger partial charge in [-0.25, -0.2) is 13.6 Å². The zero-order valence-electron chi connectivity index (χ0n) is 18.1. The van der Waals surface area contributed by atoms with Crippen LogP contribution in [0.3, 0.4) is 0 Å². The third-order valence-corrected chi connectivity index (χ3v) is 5.68. The molecule has 1 aromatic heterocycles. The Kier molecular flexibility index (Phi) is 6.00. The van der Waals surface area contributed by atoms with Crippen LogP contribution in [-0.4, -0.2) is 47.4 Å². The first-order valence-corrected chi connectivity index (χ1v) is 9.81. The number of nitrogens with zero attached hydrogens (tertiary/aromatic N) is 2. The normalized spacial score (nSPS) is 19.6. The molecule has 1 N–H and O–H groups in total. The fourth-order valence-electron chi connectivity index (χ4n) is 4.19. The molecule has 0 saturated carbocycles. The van der Waals surface area contributed by atoms with Crippen LogP contribution in [0.2, 0.25) is 0 Å². The highest BCUT2D eigenvalue weighted by Gasteiger charge is 2.51. The van der Waals surface area contributed by atoms with Crippen molar-refractivity contribution >= 4 is 17.7 Å². The first-order valence-electron chi connectivity index (χ1n) is 9.81. The molecule has 0 spiro atoms. The molecule has 0 aliphatic carbocycles. The fourth-order valence-corrected chi connectivity index (χ4v) is 4.19. The lowest BCUT2D eigenvalue weighted by Gasteiger charge is -2.22. The van der Waals surface area contributed by atoms with Gasteiger partial charge in [-0.1, -0.05) is 0 Å². The van der Waals surface area contributed by atoms with Crippen molar-refractivity contribution in [1.29, 1.82) is 0 Å². The van der Waals surface area contributed by atoms with Crippen molar-refractivity contribution in [2.45, 2.75) is 39.3 Å². The second-order valence-electron chi connectivity index (χ2n) is 7.95. The molecule has 9 heteroatoms. The number of rotatable bonds is 7. The van der Waals surface area contributed by atoms with Crippen LogP contribution in [0.15, 0.2) is 24.3 Å². The molecule has 1 fully saturated rings. The summed E-state index contributed by atoms with van der Waals surface area (Å²) in [4.78, 5) is 39.2. The number of carbonyl (C=O) groups is 3. The smallest absolute Gasteiger partial charge is 0.325 e. The van der Waals surface area contributed by atoms with Gasteiger partial charge in [0.05, 0.1) is 19.2 Å². The summed E-state index contributed by atoms with van der Waals surface area (Å²) in [5, 5.41) is 2.39. The predicted molar refractivity (Wildman–Crippen MR) is 109 cm³/mol. The first-order chi connectivity index (χ1) is 14.5. The van der Waals surface area contributed by atoms with E-state index in [4.69, 9.17) is 4.74 Å². The molecule has 1 aliphatic heterocycles. The van der Waals surface area contributed by atoms with E-state index in [0.717, 1.165) is 28.8 Å². The number of amides is 3. The molecule has 3 rings (SSSR count). The summed E-state index contributed by atoms with van der Waals surface area (Å²) < 4.78 is 35.1. The molecule has 0 bridgehead atoms. The van der Waals surface area contributed by atoms with Gasteiger partial charge in [-0.3, -0.25) is 14.5 Å². The number of imide groups is 1. The first kappa shape index (κ1) is 22.6. The maximum atomic E-state index is 14.3. The Morgan fingerprint density at radius 2 is 1.90 bits per heavy atom. The van der Waals surface area contributed by atoms with E-state index in [1.165, 1.54) is 6.92 Å². The summed E-state index contributed by atoms with van der Waals surface area (Å²) in [7, 11) is 1.59. The predicted octanol–water partition coefficient (Wildman–Crippen LogP) is 3.24. The third-order valence-electron chi connectivity index (χ3n) is 5.68. The highest BCUT2D eigenvalue weighted by Crippen LogP contribution is 2.31. The van der Waals surface area contributed by atoms with Crippen LogP contribution >= 0.6 is 0 Å². The van der Waals surface area contributed by atoms with E-state index in [-0.39, 0.29) is 11.6 Å². The van der Waals surface area contributed by atoms with E-state index in [9.17, 15) is 23.2 Å². The molecule has 2 unspecified atom stereocenters. The second-order valence-corrected chi connectivity index (χ2v) is 7.95. The van der Waals surface area contributed by atoms with Gasteiger partial charge in [-0.15, -0.1) is 0 Å². The summed E-state index contributed by atoms with van der Waals surface area (Å²) in [5.41, 5.74) is -0.195.